The molecule has 1 rings (SSSR count). The number of carbonyl (C=O) groups excluding carboxylic acids is 1. The number of benzene rings is 1. The molecule has 2 nitrogen and oxygen atoms in total. The first-order chi connectivity index (χ1) is 9.37. The molecule has 0 spiro atoms. The van der Waals surface area contributed by atoms with Crippen LogP contribution in [0.25, 0.3) is 0 Å². The molecule has 21 heavy (non-hydrogen) atoms. The molecule has 0 N–H and O–H groups in total. The van der Waals surface area contributed by atoms with Crippen molar-refractivity contribution in [1.82, 2.24) is 0 Å². The van der Waals surface area contributed by atoms with Crippen LogP contribution in [0.4, 0.5) is 26.3 Å². The van der Waals surface area contributed by atoms with E-state index in [4.69, 9.17) is 11.6 Å². The third-order valence-electron chi connectivity index (χ3n) is 2.02. The highest BCUT2D eigenvalue weighted by molar-refractivity contribution is 8.00. The third-order valence-corrected chi connectivity index (χ3v) is 3.28. The summed E-state index contributed by atoms with van der Waals surface area (Å²) < 4.78 is 76.9. The number of rotatable bonds is 4. The first-order valence-electron chi connectivity index (χ1n) is 5.18. The van der Waals surface area contributed by atoms with Gasteiger partial charge in [-0.15, -0.1) is 24.8 Å². The van der Waals surface area contributed by atoms with Gasteiger partial charge in [0.15, 0.2) is 5.78 Å². The minimum Gasteiger partial charge on any atom is -0.406 e. The molecular weight excluding hydrogens is 346 g/mol. The number of hydrogen-bond donors (Lipinski definition) is 0. The van der Waals surface area contributed by atoms with Crippen LogP contribution >= 0.6 is 23.4 Å². The van der Waals surface area contributed by atoms with Crippen LogP contribution in [0.5, 0.6) is 5.75 Å². The van der Waals surface area contributed by atoms with Gasteiger partial charge in [-0.25, -0.2) is 0 Å². The Balaban J connectivity index is 3.22. The van der Waals surface area contributed by atoms with Gasteiger partial charge in [0, 0.05) is 4.90 Å². The van der Waals surface area contributed by atoms with E-state index in [0.717, 1.165) is 19.1 Å². The van der Waals surface area contributed by atoms with E-state index < -0.39 is 45.4 Å². The first kappa shape index (κ1) is 18.0. The third kappa shape index (κ3) is 6.47. The van der Waals surface area contributed by atoms with Crippen molar-refractivity contribution in [2.24, 2.45) is 0 Å². The molecule has 0 radical (unpaired) electrons. The monoisotopic (exact) mass is 352 g/mol. The van der Waals surface area contributed by atoms with Crippen LogP contribution in [0.1, 0.15) is 17.9 Å². The quantitative estimate of drug-likeness (QED) is 0.430. The van der Waals surface area contributed by atoms with Gasteiger partial charge < -0.3 is 4.74 Å². The van der Waals surface area contributed by atoms with Crippen molar-refractivity contribution in [2.75, 3.05) is 0 Å². The molecule has 0 saturated carbocycles. The zero-order chi connectivity index (χ0) is 16.4. The molecule has 1 atom stereocenters. The summed E-state index contributed by atoms with van der Waals surface area (Å²) in [6.07, 6.45) is -5.07. The maximum atomic E-state index is 12.3. The Kier molecular flexibility index (Phi) is 5.43. The van der Waals surface area contributed by atoms with Crippen molar-refractivity contribution in [1.29, 1.82) is 0 Å². The second-order valence-electron chi connectivity index (χ2n) is 3.81. The number of halogens is 7. The lowest BCUT2D eigenvalue weighted by atomic mass is 10.1. The van der Waals surface area contributed by atoms with Crippen LogP contribution < -0.4 is 4.74 Å². The predicted molar refractivity (Wildman–Crippen MR) is 64.3 cm³/mol. The van der Waals surface area contributed by atoms with Gasteiger partial charge in [-0.1, -0.05) is 0 Å². The normalized spacial score (nSPS) is 13.9. The summed E-state index contributed by atoms with van der Waals surface area (Å²) in [5.41, 5.74) is -4.91. The number of thioether (sulfide) groups is 1. The van der Waals surface area contributed by atoms with Gasteiger partial charge >= 0.3 is 11.9 Å². The molecule has 0 fully saturated rings. The molecule has 0 aliphatic heterocycles. The fourth-order valence-corrected chi connectivity index (χ4v) is 2.12. The molecule has 118 valence electrons. The Hall–Kier alpha value is -1.09. The molecule has 0 aliphatic carbocycles. The van der Waals surface area contributed by atoms with Crippen molar-refractivity contribution in [3.63, 3.8) is 0 Å². The molecule has 1 aromatic rings. The molecule has 0 saturated heterocycles. The Bertz CT molecular complexity index is 494. The second-order valence-corrected chi connectivity index (χ2v) is 5.38. The van der Waals surface area contributed by atoms with Gasteiger partial charge in [-0.05, 0) is 42.4 Å². The molecule has 0 heterocycles. The lowest BCUT2D eigenvalue weighted by molar-refractivity contribution is -0.274. The van der Waals surface area contributed by atoms with Gasteiger partial charge in [0.1, 0.15) is 11.1 Å². The summed E-state index contributed by atoms with van der Waals surface area (Å²) in [6, 6.07) is 2.23. The molecule has 0 amide bonds. The van der Waals surface area contributed by atoms with E-state index in [1.165, 1.54) is 0 Å². The molecule has 10 heteroatoms. The molecule has 0 bridgehead atoms. The molecule has 1 aromatic carbocycles. The molecular formula is C11H7ClF6O2S. The second kappa shape index (κ2) is 6.35. The summed E-state index contributed by atoms with van der Waals surface area (Å²) in [5, 5.41) is -1.37. The van der Waals surface area contributed by atoms with Crippen molar-refractivity contribution in [3.8, 4) is 5.75 Å². The van der Waals surface area contributed by atoms with Gasteiger partial charge in [-0.3, -0.25) is 4.79 Å². The summed E-state index contributed by atoms with van der Waals surface area (Å²) in [7, 11) is 0. The number of ketones is 1. The highest BCUT2D eigenvalue weighted by Crippen LogP contribution is 2.40. The van der Waals surface area contributed by atoms with Crippen molar-refractivity contribution >= 4 is 29.1 Å². The summed E-state index contributed by atoms with van der Waals surface area (Å²) in [5.74, 6) is -1.50. The van der Waals surface area contributed by atoms with Gasteiger partial charge in [0.05, 0.1) is 0 Å². The standard InChI is InChI=1S/C11H7ClF6O2S/c1-5(19)9(12)6-2-7(20-10(13,14)15)4-8(3-6)21-11(16,17)18/h2-4,9H,1H3. The molecule has 1 unspecified atom stereocenters. The number of Topliss-reactive ketones (excluding diaryl/α,β-unsaturated/α-hetero) is 1. The summed E-state index contributed by atoms with van der Waals surface area (Å²) in [4.78, 5) is 10.5. The van der Waals surface area contributed by atoms with E-state index in [0.29, 0.717) is 6.07 Å². The van der Waals surface area contributed by atoms with E-state index in [1.54, 1.807) is 0 Å². The van der Waals surface area contributed by atoms with E-state index >= 15 is 0 Å². The number of alkyl halides is 7. The lowest BCUT2D eigenvalue weighted by Gasteiger charge is -2.14. The van der Waals surface area contributed by atoms with Crippen LogP contribution in [0.2, 0.25) is 0 Å². The Morgan fingerprint density at radius 3 is 2.19 bits per heavy atom. The highest BCUT2D eigenvalue weighted by atomic mass is 35.5. The van der Waals surface area contributed by atoms with Crippen LogP contribution in [0, 0.1) is 0 Å². The van der Waals surface area contributed by atoms with Gasteiger partial charge in [0.2, 0.25) is 0 Å². The first-order valence-corrected chi connectivity index (χ1v) is 6.44. The molecule has 0 aliphatic rings. The Labute approximate surface area is 124 Å². The fraction of sp³-hybridized carbons (Fsp3) is 0.364. The largest absolute Gasteiger partial charge is 0.573 e. The highest BCUT2D eigenvalue weighted by Gasteiger charge is 2.33. The zero-order valence-corrected chi connectivity index (χ0v) is 11.8. The Morgan fingerprint density at radius 2 is 1.76 bits per heavy atom. The average Bonchev–Trinajstić information content (AvgIpc) is 2.22. The maximum absolute atomic E-state index is 12.3. The van der Waals surface area contributed by atoms with Crippen LogP contribution in [0.15, 0.2) is 23.1 Å². The number of ether oxygens (including phenoxy) is 1. The van der Waals surface area contributed by atoms with Crippen LogP contribution in [-0.4, -0.2) is 17.7 Å². The van der Waals surface area contributed by atoms with Gasteiger partial charge in [-0.2, -0.15) is 13.2 Å². The summed E-state index contributed by atoms with van der Waals surface area (Å²) >= 11 is 5.02. The SMILES string of the molecule is CC(=O)C(Cl)c1cc(OC(F)(F)F)cc(SC(F)(F)F)c1. The van der Waals surface area contributed by atoms with E-state index in [-0.39, 0.29) is 5.56 Å². The van der Waals surface area contributed by atoms with E-state index in [1.807, 2.05) is 0 Å². The number of carbonyl (C=O) groups is 1. The van der Waals surface area contributed by atoms with Crippen LogP contribution in [-0.2, 0) is 4.79 Å². The van der Waals surface area contributed by atoms with Crippen molar-refractivity contribution < 1.29 is 35.9 Å². The van der Waals surface area contributed by atoms with Crippen molar-refractivity contribution in [3.05, 3.63) is 23.8 Å². The maximum Gasteiger partial charge on any atom is 0.573 e. The predicted octanol–water partition coefficient (Wildman–Crippen LogP) is 5.07. The lowest BCUT2D eigenvalue weighted by Crippen LogP contribution is -2.17. The zero-order valence-electron chi connectivity index (χ0n) is 10.2. The van der Waals surface area contributed by atoms with Crippen molar-refractivity contribution in [2.45, 2.75) is 29.1 Å². The smallest absolute Gasteiger partial charge is 0.406 e. The van der Waals surface area contributed by atoms with Crippen LogP contribution in [0.3, 0.4) is 0 Å². The minimum absolute atomic E-state index is 0.210. The van der Waals surface area contributed by atoms with Gasteiger partial charge in [0.25, 0.3) is 0 Å². The molecule has 0 aromatic heterocycles. The van der Waals surface area contributed by atoms with E-state index in [2.05, 4.69) is 4.74 Å². The van der Waals surface area contributed by atoms with E-state index in [9.17, 15) is 31.1 Å². The average molecular weight is 353 g/mol. The fourth-order valence-electron chi connectivity index (χ4n) is 1.36. The topological polar surface area (TPSA) is 26.3 Å². The Morgan fingerprint density at radius 1 is 1.19 bits per heavy atom. The summed E-state index contributed by atoms with van der Waals surface area (Å²) in [6.45, 7) is 1.06. The minimum atomic E-state index is -5.07. The number of hydrogen-bond acceptors (Lipinski definition) is 3.